The third kappa shape index (κ3) is 6.36. The van der Waals surface area contributed by atoms with Crippen LogP contribution in [0.2, 0.25) is 0 Å². The van der Waals surface area contributed by atoms with Gasteiger partial charge in [0.1, 0.15) is 23.9 Å². The highest BCUT2D eigenvalue weighted by atomic mass is 16.5. The Kier molecular flexibility index (Phi) is 8.62. The van der Waals surface area contributed by atoms with E-state index >= 15 is 0 Å². The van der Waals surface area contributed by atoms with E-state index in [1.165, 1.54) is 16.5 Å². The number of carbonyl (C=O) groups excluding carboxylic acids is 3. The summed E-state index contributed by atoms with van der Waals surface area (Å²) in [5.74, 6) is -0.226. The van der Waals surface area contributed by atoms with Crippen LogP contribution in [-0.2, 0) is 16.1 Å². The van der Waals surface area contributed by atoms with Crippen molar-refractivity contribution in [3.8, 4) is 5.75 Å². The van der Waals surface area contributed by atoms with Crippen LogP contribution in [0.25, 0.3) is 11.0 Å². The van der Waals surface area contributed by atoms with E-state index < -0.39 is 11.6 Å². The van der Waals surface area contributed by atoms with Gasteiger partial charge in [-0.15, -0.1) is 5.10 Å². The molecule has 1 N–H and O–H groups in total. The Balaban J connectivity index is 1.85. The van der Waals surface area contributed by atoms with Gasteiger partial charge in [0.05, 0.1) is 12.1 Å². The second-order valence-corrected chi connectivity index (χ2v) is 10.2. The smallest absolute Gasteiger partial charge is 0.249 e. The molecule has 0 aliphatic heterocycles. The fourth-order valence-electron chi connectivity index (χ4n) is 4.37. The third-order valence-electron chi connectivity index (χ3n) is 6.86. The van der Waals surface area contributed by atoms with Crippen molar-refractivity contribution in [3.05, 3.63) is 83.9 Å². The molecule has 9 heteroatoms. The van der Waals surface area contributed by atoms with Crippen LogP contribution in [-0.4, -0.2) is 44.7 Å². The molecule has 0 fully saturated rings. The first-order valence-corrected chi connectivity index (χ1v) is 13.4. The Hall–Kier alpha value is -4.53. The summed E-state index contributed by atoms with van der Waals surface area (Å²) < 4.78 is 7.12. The van der Waals surface area contributed by atoms with Gasteiger partial charge < -0.3 is 10.1 Å². The summed E-state index contributed by atoms with van der Waals surface area (Å²) in [5.41, 5.74) is 2.29. The number of nitrogens with one attached hydrogen (secondary N) is 1. The lowest BCUT2D eigenvalue weighted by atomic mass is 9.97. The Morgan fingerprint density at radius 3 is 2.40 bits per heavy atom. The van der Waals surface area contributed by atoms with E-state index in [4.69, 9.17) is 4.74 Å². The molecule has 3 aromatic carbocycles. The van der Waals surface area contributed by atoms with E-state index in [0.29, 0.717) is 46.6 Å². The van der Waals surface area contributed by atoms with E-state index in [-0.39, 0.29) is 24.1 Å². The molecule has 0 saturated heterocycles. The summed E-state index contributed by atoms with van der Waals surface area (Å²) in [6.07, 6.45) is 0.688. The SMILES string of the molecule is CCOc1ccc([C@@H](C(=O)NC(C)(C)CC)N(C(=O)Cn2nnc3ccccc32)c2cccc(C(C)=O)c2)cc1. The number of fused-ring (bicyclic) bond motifs is 1. The number of hydrogen-bond donors (Lipinski definition) is 1. The number of para-hydroxylation sites is 1. The molecule has 0 saturated carbocycles. The lowest BCUT2D eigenvalue weighted by molar-refractivity contribution is -0.128. The zero-order valence-electron chi connectivity index (χ0n) is 23.5. The topological polar surface area (TPSA) is 106 Å². The van der Waals surface area contributed by atoms with Gasteiger partial charge in [0.15, 0.2) is 5.78 Å². The molecule has 1 heterocycles. The highest BCUT2D eigenvalue weighted by Crippen LogP contribution is 2.31. The predicted octanol–water partition coefficient (Wildman–Crippen LogP) is 5.11. The maximum absolute atomic E-state index is 14.2. The summed E-state index contributed by atoms with van der Waals surface area (Å²) in [4.78, 5) is 42.0. The number of hydrogen-bond acceptors (Lipinski definition) is 6. The van der Waals surface area contributed by atoms with Crippen molar-refractivity contribution in [3.63, 3.8) is 0 Å². The monoisotopic (exact) mass is 541 g/mol. The summed E-state index contributed by atoms with van der Waals surface area (Å²) >= 11 is 0. The number of carbonyl (C=O) groups is 3. The van der Waals surface area contributed by atoms with E-state index in [9.17, 15) is 14.4 Å². The first kappa shape index (κ1) is 28.5. The number of benzene rings is 3. The lowest BCUT2D eigenvalue weighted by Crippen LogP contribution is -2.51. The highest BCUT2D eigenvalue weighted by molar-refractivity contribution is 6.03. The van der Waals surface area contributed by atoms with Crippen molar-refractivity contribution in [2.75, 3.05) is 11.5 Å². The zero-order chi connectivity index (χ0) is 28.9. The number of amides is 2. The first-order valence-electron chi connectivity index (χ1n) is 13.4. The molecule has 1 atom stereocenters. The molecule has 1 aromatic heterocycles. The van der Waals surface area contributed by atoms with Crippen molar-refractivity contribution in [2.24, 2.45) is 0 Å². The van der Waals surface area contributed by atoms with Crippen LogP contribution in [0.15, 0.2) is 72.8 Å². The molecular weight excluding hydrogens is 506 g/mol. The Morgan fingerprint density at radius 2 is 1.73 bits per heavy atom. The number of anilines is 1. The normalized spacial score (nSPS) is 12.1. The zero-order valence-corrected chi connectivity index (χ0v) is 23.5. The van der Waals surface area contributed by atoms with Gasteiger partial charge in [-0.05, 0) is 76.1 Å². The van der Waals surface area contributed by atoms with Gasteiger partial charge in [-0.3, -0.25) is 19.3 Å². The maximum atomic E-state index is 14.2. The van der Waals surface area contributed by atoms with Crippen LogP contribution in [0.5, 0.6) is 5.75 Å². The van der Waals surface area contributed by atoms with E-state index in [1.807, 2.05) is 52.0 Å². The average molecular weight is 542 g/mol. The molecule has 0 spiro atoms. The molecular formula is C31H35N5O4. The fourth-order valence-corrected chi connectivity index (χ4v) is 4.37. The second kappa shape index (κ2) is 12.1. The molecule has 2 amide bonds. The average Bonchev–Trinajstić information content (AvgIpc) is 3.34. The molecule has 208 valence electrons. The van der Waals surface area contributed by atoms with E-state index in [1.54, 1.807) is 48.5 Å². The van der Waals surface area contributed by atoms with Crippen LogP contribution in [0.3, 0.4) is 0 Å². The first-order chi connectivity index (χ1) is 19.1. The number of ketones is 1. The lowest BCUT2D eigenvalue weighted by Gasteiger charge is -2.35. The van der Waals surface area contributed by atoms with Gasteiger partial charge in [-0.25, -0.2) is 4.68 Å². The second-order valence-electron chi connectivity index (χ2n) is 10.2. The Bertz CT molecular complexity index is 1510. The van der Waals surface area contributed by atoms with Crippen LogP contribution in [0.1, 0.15) is 63.0 Å². The predicted molar refractivity (Wildman–Crippen MR) is 154 cm³/mol. The molecule has 4 aromatic rings. The van der Waals surface area contributed by atoms with Gasteiger partial charge in [0.2, 0.25) is 11.8 Å². The fraction of sp³-hybridized carbons (Fsp3) is 0.323. The number of Topliss-reactive ketones (excluding diaryl/α,β-unsaturated/α-hetero) is 1. The van der Waals surface area contributed by atoms with Crippen molar-refractivity contribution < 1.29 is 19.1 Å². The minimum Gasteiger partial charge on any atom is -0.494 e. The summed E-state index contributed by atoms with van der Waals surface area (Å²) in [6, 6.07) is 20.2. The van der Waals surface area contributed by atoms with Gasteiger partial charge in [0, 0.05) is 16.8 Å². The number of rotatable bonds is 11. The Labute approximate surface area is 234 Å². The van der Waals surface area contributed by atoms with Crippen molar-refractivity contribution in [2.45, 2.75) is 59.2 Å². The van der Waals surface area contributed by atoms with Crippen molar-refractivity contribution >= 4 is 34.3 Å². The summed E-state index contributed by atoms with van der Waals surface area (Å²) in [7, 11) is 0. The molecule has 0 bridgehead atoms. The van der Waals surface area contributed by atoms with E-state index in [2.05, 4.69) is 15.6 Å². The largest absolute Gasteiger partial charge is 0.494 e. The molecule has 40 heavy (non-hydrogen) atoms. The number of nitrogens with zero attached hydrogens (tertiary/aromatic N) is 4. The number of aromatic nitrogens is 3. The Morgan fingerprint density at radius 1 is 1.00 bits per heavy atom. The van der Waals surface area contributed by atoms with Gasteiger partial charge in [-0.1, -0.05) is 48.5 Å². The molecule has 9 nitrogen and oxygen atoms in total. The van der Waals surface area contributed by atoms with Crippen molar-refractivity contribution in [1.29, 1.82) is 0 Å². The maximum Gasteiger partial charge on any atom is 0.249 e. The van der Waals surface area contributed by atoms with Gasteiger partial charge in [0.25, 0.3) is 0 Å². The summed E-state index contributed by atoms with van der Waals surface area (Å²) in [5, 5.41) is 11.5. The van der Waals surface area contributed by atoms with Crippen LogP contribution in [0, 0.1) is 0 Å². The third-order valence-corrected chi connectivity index (χ3v) is 6.86. The molecule has 0 radical (unpaired) electrons. The summed E-state index contributed by atoms with van der Waals surface area (Å²) in [6.45, 7) is 9.56. The molecule has 0 aliphatic carbocycles. The van der Waals surface area contributed by atoms with Gasteiger partial charge in [-0.2, -0.15) is 0 Å². The van der Waals surface area contributed by atoms with Crippen LogP contribution in [0.4, 0.5) is 5.69 Å². The standard InChI is InChI=1S/C31H35N5O4/c1-6-31(4,5)32-30(39)29(22-15-17-25(18-16-22)40-7-2)36(24-12-10-11-23(19-24)21(3)37)28(38)20-35-27-14-9-8-13-26(27)33-34-35/h8-19,29H,6-7,20H2,1-5H3,(H,32,39)/t29-/m0/s1. The van der Waals surface area contributed by atoms with E-state index in [0.717, 1.165) is 0 Å². The molecule has 0 aliphatic rings. The van der Waals surface area contributed by atoms with Crippen LogP contribution >= 0.6 is 0 Å². The minimum atomic E-state index is -1.04. The highest BCUT2D eigenvalue weighted by Gasteiger charge is 2.35. The quantitative estimate of drug-likeness (QED) is 0.265. The number of ether oxygens (including phenoxy) is 1. The molecule has 0 unspecified atom stereocenters. The minimum absolute atomic E-state index is 0.147. The van der Waals surface area contributed by atoms with Crippen LogP contribution < -0.4 is 15.0 Å². The van der Waals surface area contributed by atoms with Gasteiger partial charge >= 0.3 is 0 Å². The molecule has 4 rings (SSSR count). The van der Waals surface area contributed by atoms with Crippen molar-refractivity contribution in [1.82, 2.24) is 20.3 Å².